The Balaban J connectivity index is 0.000000161. The number of carbonyl (C=O) groups excluding carboxylic acids is 2. The highest BCUT2D eigenvalue weighted by molar-refractivity contribution is 9.10. The number of carbonyl (C=O) groups is 2. The van der Waals surface area contributed by atoms with Crippen LogP contribution in [0.15, 0.2) is 86.6 Å². The Kier molecular flexibility index (Phi) is 15.0. The molecule has 2 amide bonds. The number of aromatic amines is 1. The second kappa shape index (κ2) is 20.1. The zero-order valence-corrected chi connectivity index (χ0v) is 39.0. The largest absolute Gasteiger partial charge is 0.361 e. The number of hydrogen-bond donors (Lipinski definition) is 3. The Labute approximate surface area is 387 Å². The van der Waals surface area contributed by atoms with E-state index in [1.54, 1.807) is 6.08 Å². The summed E-state index contributed by atoms with van der Waals surface area (Å²) in [6.07, 6.45) is 22.3. The molecule has 64 heavy (non-hydrogen) atoms. The average Bonchev–Trinajstić information content (AvgIpc) is 4.11. The number of nitrogens with one attached hydrogen (secondary N) is 3. The van der Waals surface area contributed by atoms with Crippen molar-refractivity contribution in [2.45, 2.75) is 115 Å². The molecule has 3 aliphatic carbocycles. The minimum absolute atomic E-state index is 0. The number of halogens is 1. The van der Waals surface area contributed by atoms with Gasteiger partial charge in [0, 0.05) is 65.0 Å². The lowest BCUT2D eigenvalue weighted by atomic mass is 9.88. The molecule has 1 aromatic heterocycles. The maximum atomic E-state index is 12.9. The van der Waals surface area contributed by atoms with Crippen LogP contribution in [0.25, 0.3) is 23.1 Å². The first kappa shape index (κ1) is 47.7. The van der Waals surface area contributed by atoms with Gasteiger partial charge in [0.2, 0.25) is 20.0 Å². The van der Waals surface area contributed by atoms with Crippen LogP contribution in [0.4, 0.5) is 0 Å². The van der Waals surface area contributed by atoms with Crippen molar-refractivity contribution in [3.8, 4) is 0 Å². The number of aromatic nitrogens is 1. The van der Waals surface area contributed by atoms with Crippen molar-refractivity contribution < 1.29 is 26.4 Å². The van der Waals surface area contributed by atoms with Gasteiger partial charge in [0.05, 0.1) is 0 Å². The standard InChI is InChI=1S/C23H28N4O3S.C15H23N3O3S.C9H7Br.CH4/c28-22-23(26-21(25-22)18-4-2-1-3-5-18)10-13-27(14-11-23)31(29,30)15-9-17-6-7-20-19(16-17)8-12-24-20;1-2-22(20,21)18-10-8-15(9-11-18)14(19)16-13(17-15)12-6-4-3-5-7-12;10-9-5-4-7-2-1-3-8(7)6-9;/h6-9,12,15-16,18,24H,1-5,10-11,13-14H2,(H,25,26,28);2,12H,1,3-11H2,(H,16,17,19);1,3-6H,2H2;1H4/b15-9+;;;. The summed E-state index contributed by atoms with van der Waals surface area (Å²) in [7, 11) is -6.96. The van der Waals surface area contributed by atoms with Gasteiger partial charge in [-0.3, -0.25) is 19.6 Å². The molecule has 2 saturated carbocycles. The zero-order chi connectivity index (χ0) is 44.2. The molecule has 0 bridgehead atoms. The fourth-order valence-electron chi connectivity index (χ4n) is 9.87. The van der Waals surface area contributed by atoms with Gasteiger partial charge in [-0.2, -0.15) is 8.61 Å². The molecule has 5 heterocycles. The SMILES string of the molecule is Brc1ccc2c(c1)C=CC2.C.C=CS(=O)(=O)N1CCC2(CC1)N=C(C1CCCCC1)NC2=O.O=C1NC(C2CCCCC2)=NC12CCN(S(=O)(=O)/C=C/c1ccc3[nH]ccc3c1)CC2. The van der Waals surface area contributed by atoms with Crippen LogP contribution in [-0.4, -0.2) is 91.2 Å². The van der Waals surface area contributed by atoms with Crippen LogP contribution >= 0.6 is 15.9 Å². The van der Waals surface area contributed by atoms with Crippen LogP contribution in [0.3, 0.4) is 0 Å². The molecule has 7 aliphatic rings. The highest BCUT2D eigenvalue weighted by atomic mass is 79.9. The molecule has 0 atom stereocenters. The van der Waals surface area contributed by atoms with Crippen molar-refractivity contribution in [2.75, 3.05) is 26.2 Å². The Morgan fingerprint density at radius 3 is 1.81 bits per heavy atom. The van der Waals surface area contributed by atoms with Gasteiger partial charge in [-0.05, 0) is 116 Å². The molecular weight excluding hydrogens is 915 g/mol. The first-order valence-electron chi connectivity index (χ1n) is 22.4. The van der Waals surface area contributed by atoms with Crippen molar-refractivity contribution in [3.63, 3.8) is 0 Å². The number of rotatable bonds is 7. The second-order valence-corrected chi connectivity index (χ2v) is 22.4. The third-order valence-electron chi connectivity index (χ3n) is 13.8. The first-order chi connectivity index (χ1) is 30.3. The zero-order valence-electron chi connectivity index (χ0n) is 35.7. The molecule has 0 radical (unpaired) electrons. The summed E-state index contributed by atoms with van der Waals surface area (Å²) < 4.78 is 53.4. The first-order valence-corrected chi connectivity index (χ1v) is 26.2. The number of benzene rings is 2. The minimum atomic E-state index is -3.55. The second-order valence-electron chi connectivity index (χ2n) is 17.8. The van der Waals surface area contributed by atoms with Crippen molar-refractivity contribution >= 4 is 82.5 Å². The van der Waals surface area contributed by atoms with E-state index in [4.69, 9.17) is 9.98 Å². The highest BCUT2D eigenvalue weighted by Crippen LogP contribution is 2.37. The molecule has 0 unspecified atom stereocenters. The van der Waals surface area contributed by atoms with E-state index >= 15 is 0 Å². The summed E-state index contributed by atoms with van der Waals surface area (Å²) in [5.41, 5.74) is 3.10. The van der Waals surface area contributed by atoms with Gasteiger partial charge in [-0.25, -0.2) is 16.8 Å². The maximum Gasteiger partial charge on any atom is 0.253 e. The molecule has 3 N–H and O–H groups in total. The van der Waals surface area contributed by atoms with E-state index in [1.165, 1.54) is 63.7 Å². The molecule has 3 aromatic rings. The monoisotopic (exact) mass is 975 g/mol. The van der Waals surface area contributed by atoms with Crippen LogP contribution in [0.5, 0.6) is 0 Å². The number of H-pyrrole nitrogens is 1. The van der Waals surface area contributed by atoms with Gasteiger partial charge in [0.15, 0.2) is 0 Å². The predicted molar refractivity (Wildman–Crippen MR) is 260 cm³/mol. The lowest BCUT2D eigenvalue weighted by molar-refractivity contribution is -0.125. The molecule has 4 fully saturated rings. The molecule has 4 aliphatic heterocycles. The minimum Gasteiger partial charge on any atom is -0.361 e. The number of fused-ring (bicyclic) bond motifs is 2. The fourth-order valence-corrected chi connectivity index (χ4v) is 12.3. The number of amides is 2. The maximum absolute atomic E-state index is 12.9. The average molecular weight is 977 g/mol. The van der Waals surface area contributed by atoms with Crippen molar-refractivity contribution in [2.24, 2.45) is 21.8 Å². The van der Waals surface area contributed by atoms with Crippen LogP contribution in [-0.2, 0) is 36.1 Å². The van der Waals surface area contributed by atoms with Crippen LogP contribution in [0.2, 0.25) is 0 Å². The molecular formula is C48H62BrN7O6S2. The van der Waals surface area contributed by atoms with E-state index in [9.17, 15) is 26.4 Å². The Hall–Kier alpha value is -4.22. The summed E-state index contributed by atoms with van der Waals surface area (Å²) in [6, 6.07) is 14.1. The number of sulfonamides is 2. The van der Waals surface area contributed by atoms with Crippen LogP contribution in [0, 0.1) is 11.8 Å². The predicted octanol–water partition coefficient (Wildman–Crippen LogP) is 8.47. The van der Waals surface area contributed by atoms with Gasteiger partial charge >= 0.3 is 0 Å². The number of amidine groups is 2. The number of nitrogens with zero attached hydrogens (tertiary/aromatic N) is 4. The van der Waals surface area contributed by atoms with Gasteiger partial charge in [-0.1, -0.05) is 92.7 Å². The third-order valence-corrected chi connectivity index (χ3v) is 17.3. The lowest BCUT2D eigenvalue weighted by Gasteiger charge is -2.34. The van der Waals surface area contributed by atoms with Gasteiger partial charge in [-0.15, -0.1) is 0 Å². The van der Waals surface area contributed by atoms with E-state index in [-0.39, 0.29) is 19.2 Å². The van der Waals surface area contributed by atoms with Crippen LogP contribution in [0.1, 0.15) is 114 Å². The molecule has 2 spiro atoms. The topological polar surface area (TPSA) is 173 Å². The van der Waals surface area contributed by atoms with E-state index < -0.39 is 31.1 Å². The number of piperidine rings is 2. The Bertz CT molecular complexity index is 2560. The number of allylic oxidation sites excluding steroid dienone is 1. The molecule has 16 heteroatoms. The Morgan fingerprint density at radius 1 is 0.719 bits per heavy atom. The molecule has 2 aromatic carbocycles. The van der Waals surface area contributed by atoms with E-state index in [0.717, 1.165) is 70.1 Å². The quantitative estimate of drug-likeness (QED) is 0.214. The van der Waals surface area contributed by atoms with Gasteiger partial charge < -0.3 is 15.6 Å². The number of hydrogen-bond acceptors (Lipinski definition) is 8. The lowest BCUT2D eigenvalue weighted by Crippen LogP contribution is -2.50. The summed E-state index contributed by atoms with van der Waals surface area (Å²) in [6.45, 7) is 4.60. The van der Waals surface area contributed by atoms with Crippen molar-refractivity contribution in [1.29, 1.82) is 0 Å². The third kappa shape index (κ3) is 10.6. The summed E-state index contributed by atoms with van der Waals surface area (Å²) >= 11 is 3.43. The fraction of sp³-hybridized carbons (Fsp3) is 0.500. The summed E-state index contributed by atoms with van der Waals surface area (Å²) in [4.78, 5) is 37.9. The highest BCUT2D eigenvalue weighted by Gasteiger charge is 2.49. The Morgan fingerprint density at radius 2 is 1.27 bits per heavy atom. The molecule has 344 valence electrons. The van der Waals surface area contributed by atoms with Crippen molar-refractivity contribution in [1.82, 2.24) is 24.2 Å². The normalized spacial score (nSPS) is 22.5. The number of aliphatic imine (C=N–C) groups is 2. The molecule has 10 rings (SSSR count). The van der Waals surface area contributed by atoms with E-state index in [2.05, 4.69) is 68.5 Å². The molecule has 2 saturated heterocycles. The summed E-state index contributed by atoms with van der Waals surface area (Å²) in [5, 5.41) is 9.27. The smallest absolute Gasteiger partial charge is 0.253 e. The van der Waals surface area contributed by atoms with Crippen LogP contribution < -0.4 is 10.6 Å². The summed E-state index contributed by atoms with van der Waals surface area (Å²) in [5.74, 6) is 2.28. The van der Waals surface area contributed by atoms with E-state index in [0.29, 0.717) is 63.7 Å². The van der Waals surface area contributed by atoms with Gasteiger partial charge in [0.1, 0.15) is 22.7 Å². The van der Waals surface area contributed by atoms with E-state index in [1.807, 2.05) is 30.5 Å². The van der Waals surface area contributed by atoms with Gasteiger partial charge in [0.25, 0.3) is 11.8 Å². The van der Waals surface area contributed by atoms with Crippen molar-refractivity contribution in [3.05, 3.63) is 93.3 Å². The molecule has 13 nitrogen and oxygen atoms in total.